The average molecular weight is 295 g/mol. The van der Waals surface area contributed by atoms with Crippen LogP contribution in [0.5, 0.6) is 0 Å². The molecule has 72 valence electrons. The second-order valence-corrected chi connectivity index (χ2v) is 3.97. The van der Waals surface area contributed by atoms with Crippen LogP contribution in [-0.2, 0) is 4.79 Å². The molecule has 0 bridgehead atoms. The van der Waals surface area contributed by atoms with Crippen molar-refractivity contribution in [2.24, 2.45) is 0 Å². The third-order valence-corrected chi connectivity index (χ3v) is 3.12. The lowest BCUT2D eigenvalue weighted by Gasteiger charge is -2.26. The highest BCUT2D eigenvalue weighted by molar-refractivity contribution is 14.1. The van der Waals surface area contributed by atoms with Crippen LogP contribution in [0.1, 0.15) is 6.92 Å². The van der Waals surface area contributed by atoms with Crippen LogP contribution in [0.4, 0.5) is 0 Å². The van der Waals surface area contributed by atoms with Crippen molar-refractivity contribution < 1.29 is 20.1 Å². The first kappa shape index (κ1) is 10.7. The first-order valence-corrected chi connectivity index (χ1v) is 4.68. The van der Waals surface area contributed by atoms with Gasteiger partial charge >= 0.3 is 0 Å². The predicted octanol–water partition coefficient (Wildman–Crippen LogP) is -0.893. The SMILES string of the molecule is CC1=C(I)C=C(C(=O)[O-])[C@@H](O)[C@H]1O. The number of carboxylic acid groups (broad SMARTS) is 1. The highest BCUT2D eigenvalue weighted by Gasteiger charge is 2.27. The molecular weight excluding hydrogens is 287 g/mol. The van der Waals surface area contributed by atoms with Crippen LogP contribution >= 0.6 is 22.6 Å². The Balaban J connectivity index is 3.12. The minimum atomic E-state index is -1.45. The number of aliphatic carboxylic acids is 1. The first-order valence-electron chi connectivity index (χ1n) is 3.60. The predicted molar refractivity (Wildman–Crippen MR) is 51.8 cm³/mol. The number of hydrogen-bond donors (Lipinski definition) is 2. The van der Waals surface area contributed by atoms with Crippen LogP contribution < -0.4 is 5.11 Å². The molecule has 0 fully saturated rings. The molecule has 5 heteroatoms. The molecule has 0 spiro atoms. The second kappa shape index (κ2) is 3.77. The maximum atomic E-state index is 10.5. The largest absolute Gasteiger partial charge is 0.545 e. The Morgan fingerprint density at radius 1 is 1.54 bits per heavy atom. The summed E-state index contributed by atoms with van der Waals surface area (Å²) in [5.74, 6) is -1.45. The van der Waals surface area contributed by atoms with Crippen molar-refractivity contribution in [3.8, 4) is 0 Å². The summed E-state index contributed by atoms with van der Waals surface area (Å²) < 4.78 is 0.620. The number of rotatable bonds is 1. The van der Waals surface area contributed by atoms with Crippen LogP contribution in [0, 0.1) is 0 Å². The Labute approximate surface area is 88.7 Å². The van der Waals surface area contributed by atoms with Gasteiger partial charge in [0.15, 0.2) is 0 Å². The number of carbonyl (C=O) groups excluding carboxylic acids is 1. The van der Waals surface area contributed by atoms with E-state index in [9.17, 15) is 20.1 Å². The van der Waals surface area contributed by atoms with Crippen LogP contribution in [0.15, 0.2) is 20.8 Å². The quantitative estimate of drug-likeness (QED) is 0.615. The van der Waals surface area contributed by atoms with E-state index >= 15 is 0 Å². The third-order valence-electron chi connectivity index (χ3n) is 1.96. The van der Waals surface area contributed by atoms with Gasteiger partial charge in [-0.05, 0) is 41.2 Å². The number of carboxylic acids is 1. The molecule has 1 aliphatic carbocycles. The summed E-state index contributed by atoms with van der Waals surface area (Å²) >= 11 is 1.90. The van der Waals surface area contributed by atoms with Gasteiger partial charge in [0.1, 0.15) is 12.2 Å². The van der Waals surface area contributed by atoms with Gasteiger partial charge in [0.05, 0.1) is 5.97 Å². The summed E-state index contributed by atoms with van der Waals surface area (Å²) in [4.78, 5) is 10.5. The van der Waals surface area contributed by atoms with Gasteiger partial charge in [-0.2, -0.15) is 0 Å². The molecule has 0 heterocycles. The van der Waals surface area contributed by atoms with E-state index < -0.39 is 18.2 Å². The molecule has 1 aliphatic rings. The van der Waals surface area contributed by atoms with E-state index in [0.717, 1.165) is 0 Å². The molecule has 0 amide bonds. The van der Waals surface area contributed by atoms with Gasteiger partial charge in [-0.15, -0.1) is 0 Å². The van der Waals surface area contributed by atoms with Crippen LogP contribution in [0.3, 0.4) is 0 Å². The Morgan fingerprint density at radius 2 is 2.08 bits per heavy atom. The van der Waals surface area contributed by atoms with Crippen molar-refractivity contribution in [2.45, 2.75) is 19.1 Å². The Morgan fingerprint density at radius 3 is 2.54 bits per heavy atom. The molecule has 0 aliphatic heterocycles. The smallest absolute Gasteiger partial charge is 0.111 e. The number of carbonyl (C=O) groups is 1. The number of hydrogen-bond acceptors (Lipinski definition) is 4. The summed E-state index contributed by atoms with van der Waals surface area (Å²) in [5.41, 5.74) is 0.292. The first-order chi connectivity index (χ1) is 5.95. The molecule has 0 aromatic carbocycles. The molecule has 2 atom stereocenters. The van der Waals surface area contributed by atoms with E-state index in [1.807, 2.05) is 22.6 Å². The fourth-order valence-corrected chi connectivity index (χ4v) is 1.72. The summed E-state index contributed by atoms with van der Waals surface area (Å²) in [5, 5.41) is 29.2. The number of aliphatic hydroxyl groups excluding tert-OH is 2. The average Bonchev–Trinajstić information content (AvgIpc) is 2.07. The molecule has 4 nitrogen and oxygen atoms in total. The minimum Gasteiger partial charge on any atom is -0.545 e. The normalized spacial score (nSPS) is 28.8. The van der Waals surface area contributed by atoms with E-state index in [1.165, 1.54) is 6.08 Å². The van der Waals surface area contributed by atoms with Gasteiger partial charge in [-0.25, -0.2) is 0 Å². The van der Waals surface area contributed by atoms with Gasteiger partial charge in [-0.3, -0.25) is 0 Å². The summed E-state index contributed by atoms with van der Waals surface area (Å²) in [6.07, 6.45) is -1.23. The lowest BCUT2D eigenvalue weighted by Crippen LogP contribution is -2.39. The summed E-state index contributed by atoms with van der Waals surface area (Å²) in [7, 11) is 0. The molecule has 0 aromatic rings. The van der Waals surface area contributed by atoms with Crippen molar-refractivity contribution in [1.82, 2.24) is 0 Å². The maximum absolute atomic E-state index is 10.5. The van der Waals surface area contributed by atoms with Crippen LogP contribution in [0.25, 0.3) is 0 Å². The minimum absolute atomic E-state index is 0.275. The van der Waals surface area contributed by atoms with E-state index in [-0.39, 0.29) is 5.57 Å². The van der Waals surface area contributed by atoms with Gasteiger partial charge in [-0.1, -0.05) is 0 Å². The van der Waals surface area contributed by atoms with Crippen molar-refractivity contribution >= 4 is 28.6 Å². The Kier molecular flexibility index (Phi) is 3.09. The highest BCUT2D eigenvalue weighted by atomic mass is 127. The third kappa shape index (κ3) is 1.92. The monoisotopic (exact) mass is 295 g/mol. The topological polar surface area (TPSA) is 80.6 Å². The molecule has 1 rings (SSSR count). The zero-order valence-corrected chi connectivity index (χ0v) is 8.98. The molecule has 13 heavy (non-hydrogen) atoms. The molecular formula is C8H8IO4-. The van der Waals surface area contributed by atoms with E-state index in [0.29, 0.717) is 9.15 Å². The number of allylic oxidation sites excluding steroid dienone is 2. The molecule has 0 saturated heterocycles. The van der Waals surface area contributed by atoms with Crippen molar-refractivity contribution in [3.05, 3.63) is 20.8 Å². The fraction of sp³-hybridized carbons (Fsp3) is 0.375. The van der Waals surface area contributed by atoms with E-state index in [1.54, 1.807) is 6.92 Å². The molecule has 0 aromatic heterocycles. The van der Waals surface area contributed by atoms with Crippen molar-refractivity contribution in [2.75, 3.05) is 0 Å². The van der Waals surface area contributed by atoms with E-state index in [4.69, 9.17) is 0 Å². The maximum Gasteiger partial charge on any atom is 0.111 e. The fourth-order valence-electron chi connectivity index (χ4n) is 1.06. The van der Waals surface area contributed by atoms with Gasteiger partial charge < -0.3 is 20.1 Å². The summed E-state index contributed by atoms with van der Waals surface area (Å²) in [6.45, 7) is 1.64. The van der Waals surface area contributed by atoms with Crippen molar-refractivity contribution in [1.29, 1.82) is 0 Å². The van der Waals surface area contributed by atoms with Gasteiger partial charge in [0, 0.05) is 9.15 Å². The Bertz CT molecular complexity index is 305. The molecule has 2 N–H and O–H groups in total. The molecule has 0 radical (unpaired) electrons. The number of halogens is 1. The van der Waals surface area contributed by atoms with E-state index in [2.05, 4.69) is 0 Å². The van der Waals surface area contributed by atoms with Crippen molar-refractivity contribution in [3.63, 3.8) is 0 Å². The lowest BCUT2D eigenvalue weighted by molar-refractivity contribution is -0.300. The standard InChI is InChI=1S/C8H9IO4/c1-3-5(9)2-4(8(12)13)7(11)6(3)10/h2,6-7,10-11H,1H3,(H,12,13)/p-1/t6-,7+/m0/s1. The lowest BCUT2D eigenvalue weighted by atomic mass is 9.94. The van der Waals surface area contributed by atoms with Crippen LogP contribution in [-0.4, -0.2) is 28.4 Å². The highest BCUT2D eigenvalue weighted by Crippen LogP contribution is 2.28. The second-order valence-electron chi connectivity index (χ2n) is 2.81. The van der Waals surface area contributed by atoms with Gasteiger partial charge in [0.25, 0.3) is 0 Å². The molecule has 0 unspecified atom stereocenters. The van der Waals surface area contributed by atoms with Gasteiger partial charge in [0.2, 0.25) is 0 Å². The summed E-state index contributed by atoms with van der Waals surface area (Å²) in [6, 6.07) is 0. The molecule has 0 saturated carbocycles. The zero-order valence-electron chi connectivity index (χ0n) is 6.82. The zero-order chi connectivity index (χ0) is 10.2. The number of aliphatic hydroxyl groups is 2. The van der Waals surface area contributed by atoms with Crippen LogP contribution in [0.2, 0.25) is 0 Å². The Hall–Kier alpha value is -0.400.